The van der Waals surface area contributed by atoms with Gasteiger partial charge in [0, 0.05) is 0 Å². The van der Waals surface area contributed by atoms with Gasteiger partial charge in [-0.2, -0.15) is 0 Å². The fourth-order valence-corrected chi connectivity index (χ4v) is 1.88. The summed E-state index contributed by atoms with van der Waals surface area (Å²) in [4.78, 5) is 0. The normalized spacial score (nSPS) is 11.2. The largest absolute Gasteiger partial charge is 0.390 e. The van der Waals surface area contributed by atoms with E-state index in [4.69, 9.17) is 5.11 Å². The summed E-state index contributed by atoms with van der Waals surface area (Å²) in [7, 11) is 0. The third-order valence-electron chi connectivity index (χ3n) is 3.48. The van der Waals surface area contributed by atoms with Crippen molar-refractivity contribution >= 4 is 21.5 Å². The van der Waals surface area contributed by atoms with Crippen molar-refractivity contribution in [3.05, 3.63) is 60.7 Å². The zero-order valence-corrected chi connectivity index (χ0v) is 12.4. The Hall–Kier alpha value is -1.86. The highest BCUT2D eigenvalue weighted by Gasteiger charge is 2.05. The molecule has 0 atom stereocenters. The highest BCUT2D eigenvalue weighted by molar-refractivity contribution is 5.98. The SMILES string of the molecule is CCC(C)(C)O.c1ccc2cc3ccccc3cc2c1. The molecule has 0 unspecified atom stereocenters. The zero-order chi connectivity index (χ0) is 14.6. The summed E-state index contributed by atoms with van der Waals surface area (Å²) in [6, 6.07) is 21.4. The number of hydrogen-bond acceptors (Lipinski definition) is 1. The summed E-state index contributed by atoms with van der Waals surface area (Å²) in [5.41, 5.74) is -0.458. The lowest BCUT2D eigenvalue weighted by Gasteiger charge is -2.11. The number of fused-ring (bicyclic) bond motifs is 2. The molecule has 3 aromatic carbocycles. The van der Waals surface area contributed by atoms with E-state index >= 15 is 0 Å². The molecule has 0 aliphatic heterocycles. The molecule has 0 saturated carbocycles. The lowest BCUT2D eigenvalue weighted by atomic mass is 10.0. The summed E-state index contributed by atoms with van der Waals surface area (Å²) >= 11 is 0. The monoisotopic (exact) mass is 266 g/mol. The lowest BCUT2D eigenvalue weighted by Crippen LogP contribution is -2.15. The molecule has 0 fully saturated rings. The minimum absolute atomic E-state index is 0.458. The van der Waals surface area contributed by atoms with Crippen LogP contribution in [0.25, 0.3) is 21.5 Å². The zero-order valence-electron chi connectivity index (χ0n) is 12.4. The number of rotatable bonds is 1. The van der Waals surface area contributed by atoms with E-state index in [9.17, 15) is 0 Å². The highest BCUT2D eigenvalue weighted by Crippen LogP contribution is 2.21. The average molecular weight is 266 g/mol. The first-order valence-corrected chi connectivity index (χ1v) is 7.09. The molecule has 1 N–H and O–H groups in total. The van der Waals surface area contributed by atoms with Crippen LogP contribution in [0.5, 0.6) is 0 Å². The molecular weight excluding hydrogens is 244 g/mol. The Morgan fingerprint density at radius 3 is 1.20 bits per heavy atom. The summed E-state index contributed by atoms with van der Waals surface area (Å²) in [6.07, 6.45) is 0.826. The maximum absolute atomic E-state index is 8.83. The number of aliphatic hydroxyl groups is 1. The van der Waals surface area contributed by atoms with E-state index in [0.29, 0.717) is 0 Å². The summed E-state index contributed by atoms with van der Waals surface area (Å²) in [6.45, 7) is 5.56. The standard InChI is InChI=1S/C14H10.C5H12O/c1-2-6-12-10-14-8-4-3-7-13(14)9-11(12)5-1;1-4-5(2,3)6/h1-10H;6H,4H2,1-3H3. The van der Waals surface area contributed by atoms with Crippen molar-refractivity contribution in [2.45, 2.75) is 32.8 Å². The molecule has 3 rings (SSSR count). The fourth-order valence-electron chi connectivity index (χ4n) is 1.88. The van der Waals surface area contributed by atoms with Gasteiger partial charge in [-0.15, -0.1) is 0 Å². The first-order valence-electron chi connectivity index (χ1n) is 7.09. The van der Waals surface area contributed by atoms with Gasteiger partial charge in [0.2, 0.25) is 0 Å². The molecule has 0 saturated heterocycles. The Kier molecular flexibility index (Phi) is 4.41. The Labute approximate surface area is 120 Å². The third-order valence-corrected chi connectivity index (χ3v) is 3.48. The van der Waals surface area contributed by atoms with Crippen LogP contribution < -0.4 is 0 Å². The van der Waals surface area contributed by atoms with E-state index in [-0.39, 0.29) is 0 Å². The second kappa shape index (κ2) is 6.06. The second-order valence-corrected chi connectivity index (χ2v) is 5.71. The van der Waals surface area contributed by atoms with E-state index in [1.54, 1.807) is 13.8 Å². The summed E-state index contributed by atoms with van der Waals surface area (Å²) in [5, 5.41) is 14.1. The van der Waals surface area contributed by atoms with Crippen LogP contribution in [-0.2, 0) is 0 Å². The molecule has 0 radical (unpaired) electrons. The van der Waals surface area contributed by atoms with Crippen LogP contribution in [0.15, 0.2) is 60.7 Å². The minimum Gasteiger partial charge on any atom is -0.390 e. The quantitative estimate of drug-likeness (QED) is 0.603. The number of benzene rings is 3. The predicted molar refractivity (Wildman–Crippen MR) is 88.0 cm³/mol. The first-order chi connectivity index (χ1) is 9.49. The van der Waals surface area contributed by atoms with Gasteiger partial charge < -0.3 is 5.11 Å². The minimum atomic E-state index is -0.458. The molecule has 3 aromatic rings. The van der Waals surface area contributed by atoms with Gasteiger partial charge in [0.1, 0.15) is 0 Å². The van der Waals surface area contributed by atoms with Gasteiger partial charge in [-0.25, -0.2) is 0 Å². The highest BCUT2D eigenvalue weighted by atomic mass is 16.3. The second-order valence-electron chi connectivity index (χ2n) is 5.71. The Balaban J connectivity index is 0.000000212. The molecule has 104 valence electrons. The molecular formula is C19H22O. The van der Waals surface area contributed by atoms with Gasteiger partial charge in [0.05, 0.1) is 5.60 Å². The van der Waals surface area contributed by atoms with Crippen molar-refractivity contribution in [3.8, 4) is 0 Å². The maximum atomic E-state index is 8.83. The van der Waals surface area contributed by atoms with E-state index in [2.05, 4.69) is 60.7 Å². The van der Waals surface area contributed by atoms with Crippen LogP contribution in [0.4, 0.5) is 0 Å². The fraction of sp³-hybridized carbons (Fsp3) is 0.263. The molecule has 0 heterocycles. The molecule has 0 amide bonds. The predicted octanol–water partition coefficient (Wildman–Crippen LogP) is 5.16. The van der Waals surface area contributed by atoms with E-state index in [0.717, 1.165) is 6.42 Å². The average Bonchev–Trinajstić information content (AvgIpc) is 2.45. The van der Waals surface area contributed by atoms with Crippen LogP contribution in [-0.4, -0.2) is 10.7 Å². The van der Waals surface area contributed by atoms with Crippen molar-refractivity contribution in [2.75, 3.05) is 0 Å². The topological polar surface area (TPSA) is 20.2 Å². The van der Waals surface area contributed by atoms with Crippen molar-refractivity contribution < 1.29 is 5.11 Å². The Morgan fingerprint density at radius 2 is 1.00 bits per heavy atom. The van der Waals surface area contributed by atoms with Gasteiger partial charge in [-0.3, -0.25) is 0 Å². The van der Waals surface area contributed by atoms with Crippen molar-refractivity contribution in [2.24, 2.45) is 0 Å². The van der Waals surface area contributed by atoms with Gasteiger partial charge >= 0.3 is 0 Å². The van der Waals surface area contributed by atoms with Crippen LogP contribution in [0.3, 0.4) is 0 Å². The van der Waals surface area contributed by atoms with E-state index in [1.807, 2.05) is 6.92 Å². The lowest BCUT2D eigenvalue weighted by molar-refractivity contribution is 0.0765. The van der Waals surface area contributed by atoms with Crippen LogP contribution in [0.1, 0.15) is 27.2 Å². The maximum Gasteiger partial charge on any atom is 0.0589 e. The molecule has 0 bridgehead atoms. The van der Waals surface area contributed by atoms with E-state index < -0.39 is 5.60 Å². The van der Waals surface area contributed by atoms with Gasteiger partial charge in [-0.1, -0.05) is 55.5 Å². The third kappa shape index (κ3) is 3.82. The summed E-state index contributed by atoms with van der Waals surface area (Å²) in [5.74, 6) is 0. The van der Waals surface area contributed by atoms with Crippen LogP contribution in [0, 0.1) is 0 Å². The molecule has 1 heteroatoms. The molecule has 0 aliphatic rings. The Morgan fingerprint density at radius 1 is 0.750 bits per heavy atom. The van der Waals surface area contributed by atoms with Gasteiger partial charge in [-0.05, 0) is 53.9 Å². The van der Waals surface area contributed by atoms with Crippen molar-refractivity contribution in [1.82, 2.24) is 0 Å². The summed E-state index contributed by atoms with van der Waals surface area (Å²) < 4.78 is 0. The molecule has 1 nitrogen and oxygen atoms in total. The molecule has 0 spiro atoms. The molecule has 0 aromatic heterocycles. The Bertz CT molecular complexity index is 588. The van der Waals surface area contributed by atoms with Crippen LogP contribution >= 0.6 is 0 Å². The van der Waals surface area contributed by atoms with Crippen LogP contribution in [0.2, 0.25) is 0 Å². The van der Waals surface area contributed by atoms with Gasteiger partial charge in [0.25, 0.3) is 0 Å². The van der Waals surface area contributed by atoms with Crippen molar-refractivity contribution in [3.63, 3.8) is 0 Å². The molecule has 20 heavy (non-hydrogen) atoms. The van der Waals surface area contributed by atoms with E-state index in [1.165, 1.54) is 21.5 Å². The number of hydrogen-bond donors (Lipinski definition) is 1. The smallest absolute Gasteiger partial charge is 0.0589 e. The van der Waals surface area contributed by atoms with Crippen molar-refractivity contribution in [1.29, 1.82) is 0 Å². The van der Waals surface area contributed by atoms with Gasteiger partial charge in [0.15, 0.2) is 0 Å². The first kappa shape index (κ1) is 14.5. The molecule has 0 aliphatic carbocycles.